The van der Waals surface area contributed by atoms with E-state index in [2.05, 4.69) is 22.2 Å². The third-order valence-electron chi connectivity index (χ3n) is 2.39. The van der Waals surface area contributed by atoms with E-state index in [4.69, 9.17) is 4.74 Å². The molecule has 2 rings (SSSR count). The number of benzene rings is 1. The molecule has 78 valence electrons. The van der Waals surface area contributed by atoms with E-state index in [0.29, 0.717) is 6.61 Å². The Morgan fingerprint density at radius 3 is 3.00 bits per heavy atom. The van der Waals surface area contributed by atoms with Crippen LogP contribution in [-0.2, 0) is 11.3 Å². The molecule has 0 atom stereocenters. The van der Waals surface area contributed by atoms with Crippen LogP contribution in [0.15, 0.2) is 30.8 Å². The molecule has 0 aliphatic rings. The number of nitrogens with zero attached hydrogens (tertiary/aromatic N) is 2. The van der Waals surface area contributed by atoms with Gasteiger partial charge in [-0.05, 0) is 18.2 Å². The molecule has 0 aliphatic carbocycles. The standard InChI is InChI=1S/C12H14N2O/c1-3-12-13-10-6-4-5-7-11(10)14(12)8-9-15-2/h3-7H,1,8-9H2,2H3. The molecule has 0 fully saturated rings. The Balaban J connectivity index is 2.51. The van der Waals surface area contributed by atoms with Crippen LogP contribution < -0.4 is 0 Å². The minimum atomic E-state index is 0.682. The summed E-state index contributed by atoms with van der Waals surface area (Å²) in [6.45, 7) is 5.26. The van der Waals surface area contributed by atoms with Crippen LogP contribution >= 0.6 is 0 Å². The fraction of sp³-hybridized carbons (Fsp3) is 0.250. The van der Waals surface area contributed by atoms with Gasteiger partial charge in [0.25, 0.3) is 0 Å². The summed E-state index contributed by atoms with van der Waals surface area (Å²) < 4.78 is 7.20. The van der Waals surface area contributed by atoms with Crippen molar-refractivity contribution >= 4 is 17.1 Å². The van der Waals surface area contributed by atoms with Gasteiger partial charge in [0.15, 0.2) is 0 Å². The lowest BCUT2D eigenvalue weighted by Gasteiger charge is -2.05. The lowest BCUT2D eigenvalue weighted by atomic mass is 10.3. The smallest absolute Gasteiger partial charge is 0.133 e. The first-order chi connectivity index (χ1) is 7.36. The molecular weight excluding hydrogens is 188 g/mol. The first-order valence-corrected chi connectivity index (χ1v) is 4.93. The van der Waals surface area contributed by atoms with Crippen LogP contribution in [0.3, 0.4) is 0 Å². The monoisotopic (exact) mass is 202 g/mol. The number of aromatic nitrogens is 2. The fourth-order valence-corrected chi connectivity index (χ4v) is 1.67. The normalized spacial score (nSPS) is 10.7. The third-order valence-corrected chi connectivity index (χ3v) is 2.39. The predicted octanol–water partition coefficient (Wildman–Crippen LogP) is 2.33. The van der Waals surface area contributed by atoms with Crippen molar-refractivity contribution in [2.24, 2.45) is 0 Å². The third kappa shape index (κ3) is 1.78. The molecule has 1 heterocycles. The van der Waals surface area contributed by atoms with Crippen molar-refractivity contribution in [2.45, 2.75) is 6.54 Å². The molecule has 0 radical (unpaired) electrons. The van der Waals surface area contributed by atoms with Gasteiger partial charge in [-0.2, -0.15) is 0 Å². The Labute approximate surface area is 89.0 Å². The van der Waals surface area contributed by atoms with E-state index in [1.54, 1.807) is 13.2 Å². The molecule has 3 nitrogen and oxygen atoms in total. The van der Waals surface area contributed by atoms with Crippen LogP contribution in [0.5, 0.6) is 0 Å². The van der Waals surface area contributed by atoms with Crippen molar-refractivity contribution in [2.75, 3.05) is 13.7 Å². The minimum absolute atomic E-state index is 0.682. The second-order valence-electron chi connectivity index (χ2n) is 3.31. The number of ether oxygens (including phenoxy) is 1. The zero-order valence-corrected chi connectivity index (χ0v) is 8.81. The first-order valence-electron chi connectivity index (χ1n) is 4.93. The minimum Gasteiger partial charge on any atom is -0.383 e. The van der Waals surface area contributed by atoms with Crippen LogP contribution in [0.4, 0.5) is 0 Å². The molecule has 1 aromatic carbocycles. The van der Waals surface area contributed by atoms with Crippen LogP contribution in [0.25, 0.3) is 17.1 Å². The molecule has 2 aromatic rings. The van der Waals surface area contributed by atoms with Crippen LogP contribution in [-0.4, -0.2) is 23.3 Å². The average molecular weight is 202 g/mol. The molecule has 0 bridgehead atoms. The summed E-state index contributed by atoms with van der Waals surface area (Å²) in [5.74, 6) is 0.897. The largest absolute Gasteiger partial charge is 0.383 e. The number of para-hydroxylation sites is 2. The van der Waals surface area contributed by atoms with E-state index in [0.717, 1.165) is 23.4 Å². The van der Waals surface area contributed by atoms with Crippen LogP contribution in [0, 0.1) is 0 Å². The molecule has 3 heteroatoms. The maximum atomic E-state index is 5.08. The molecule has 15 heavy (non-hydrogen) atoms. The topological polar surface area (TPSA) is 27.1 Å². The van der Waals surface area contributed by atoms with E-state index in [1.165, 1.54) is 0 Å². The molecule has 0 N–H and O–H groups in total. The summed E-state index contributed by atoms with van der Waals surface area (Å²) in [6.07, 6.45) is 1.77. The number of hydrogen-bond donors (Lipinski definition) is 0. The summed E-state index contributed by atoms with van der Waals surface area (Å²) >= 11 is 0. The first kappa shape index (κ1) is 9.93. The average Bonchev–Trinajstić information content (AvgIpc) is 2.64. The summed E-state index contributed by atoms with van der Waals surface area (Å²) in [5.41, 5.74) is 2.13. The zero-order valence-electron chi connectivity index (χ0n) is 8.81. The van der Waals surface area contributed by atoms with Gasteiger partial charge < -0.3 is 9.30 Å². The molecule has 0 unspecified atom stereocenters. The fourth-order valence-electron chi connectivity index (χ4n) is 1.67. The van der Waals surface area contributed by atoms with Gasteiger partial charge in [0.2, 0.25) is 0 Å². The predicted molar refractivity (Wildman–Crippen MR) is 61.7 cm³/mol. The van der Waals surface area contributed by atoms with Crippen molar-refractivity contribution in [3.05, 3.63) is 36.7 Å². The van der Waals surface area contributed by atoms with E-state index in [-0.39, 0.29) is 0 Å². The summed E-state index contributed by atoms with van der Waals surface area (Å²) in [6, 6.07) is 8.07. The van der Waals surface area contributed by atoms with E-state index >= 15 is 0 Å². The van der Waals surface area contributed by atoms with Crippen molar-refractivity contribution in [1.82, 2.24) is 9.55 Å². The van der Waals surface area contributed by atoms with Gasteiger partial charge in [-0.1, -0.05) is 18.7 Å². The van der Waals surface area contributed by atoms with Gasteiger partial charge in [0.05, 0.1) is 17.6 Å². The Morgan fingerprint density at radius 2 is 2.27 bits per heavy atom. The maximum Gasteiger partial charge on any atom is 0.133 e. The van der Waals surface area contributed by atoms with Crippen LogP contribution in [0.1, 0.15) is 5.82 Å². The molecule has 0 saturated carbocycles. The SMILES string of the molecule is C=Cc1nc2ccccc2n1CCOC. The van der Waals surface area contributed by atoms with E-state index in [1.807, 2.05) is 18.2 Å². The van der Waals surface area contributed by atoms with Crippen LogP contribution in [0.2, 0.25) is 0 Å². The van der Waals surface area contributed by atoms with Crippen molar-refractivity contribution in [1.29, 1.82) is 0 Å². The van der Waals surface area contributed by atoms with E-state index < -0.39 is 0 Å². The number of hydrogen-bond acceptors (Lipinski definition) is 2. The lowest BCUT2D eigenvalue weighted by molar-refractivity contribution is 0.188. The van der Waals surface area contributed by atoms with E-state index in [9.17, 15) is 0 Å². The number of imidazole rings is 1. The number of rotatable bonds is 4. The Kier molecular flexibility index (Phi) is 2.83. The zero-order chi connectivity index (χ0) is 10.7. The molecule has 1 aromatic heterocycles. The highest BCUT2D eigenvalue weighted by Gasteiger charge is 2.06. The van der Waals surface area contributed by atoms with Gasteiger partial charge in [0.1, 0.15) is 5.82 Å². The second-order valence-corrected chi connectivity index (χ2v) is 3.31. The van der Waals surface area contributed by atoms with Gasteiger partial charge >= 0.3 is 0 Å². The molecular formula is C12H14N2O. The number of methoxy groups -OCH3 is 1. The molecule has 0 saturated heterocycles. The van der Waals surface area contributed by atoms with Gasteiger partial charge in [0, 0.05) is 13.7 Å². The highest BCUT2D eigenvalue weighted by molar-refractivity contribution is 5.77. The van der Waals surface area contributed by atoms with Crippen molar-refractivity contribution in [3.63, 3.8) is 0 Å². The summed E-state index contributed by atoms with van der Waals surface area (Å²) in [7, 11) is 1.70. The van der Waals surface area contributed by atoms with Gasteiger partial charge in [-0.3, -0.25) is 0 Å². The molecule has 0 spiro atoms. The quantitative estimate of drug-likeness (QED) is 0.760. The summed E-state index contributed by atoms with van der Waals surface area (Å²) in [4.78, 5) is 4.47. The Morgan fingerprint density at radius 1 is 1.47 bits per heavy atom. The van der Waals surface area contributed by atoms with Gasteiger partial charge in [-0.15, -0.1) is 0 Å². The van der Waals surface area contributed by atoms with Crippen molar-refractivity contribution in [3.8, 4) is 0 Å². The maximum absolute atomic E-state index is 5.08. The highest BCUT2D eigenvalue weighted by atomic mass is 16.5. The molecule has 0 aliphatic heterocycles. The highest BCUT2D eigenvalue weighted by Crippen LogP contribution is 2.16. The van der Waals surface area contributed by atoms with Gasteiger partial charge in [-0.25, -0.2) is 4.98 Å². The number of fused-ring (bicyclic) bond motifs is 1. The lowest BCUT2D eigenvalue weighted by Crippen LogP contribution is -2.05. The Hall–Kier alpha value is -1.61. The second kappa shape index (κ2) is 4.28. The summed E-state index contributed by atoms with van der Waals surface area (Å²) in [5, 5.41) is 0. The van der Waals surface area contributed by atoms with Crippen molar-refractivity contribution < 1.29 is 4.74 Å². The Bertz CT molecular complexity index is 473. The molecule has 0 amide bonds.